The molecule has 1 N–H and O–H groups in total. The van der Waals surface area contributed by atoms with Gasteiger partial charge in [0.15, 0.2) is 0 Å². The summed E-state index contributed by atoms with van der Waals surface area (Å²) >= 11 is 0. The van der Waals surface area contributed by atoms with Gasteiger partial charge in [0.05, 0.1) is 19.6 Å². The van der Waals surface area contributed by atoms with Crippen molar-refractivity contribution >= 4 is 5.97 Å². The van der Waals surface area contributed by atoms with Gasteiger partial charge in [-0.3, -0.25) is 4.79 Å². The van der Waals surface area contributed by atoms with Gasteiger partial charge in [-0.1, -0.05) is 24.0 Å². The minimum atomic E-state index is -0.264. The van der Waals surface area contributed by atoms with Gasteiger partial charge >= 0.3 is 5.97 Å². The number of methoxy groups -OCH3 is 1. The van der Waals surface area contributed by atoms with Crippen molar-refractivity contribution in [2.75, 3.05) is 13.7 Å². The molecule has 1 rings (SSSR count). The second kappa shape index (κ2) is 6.72. The Balaban J connectivity index is 2.75. The molecule has 3 heteroatoms. The number of aliphatic hydroxyl groups excluding tert-OH is 1. The second-order valence-corrected chi connectivity index (χ2v) is 3.64. The summed E-state index contributed by atoms with van der Waals surface area (Å²) in [6, 6.07) is 7.45. The van der Waals surface area contributed by atoms with E-state index in [4.69, 9.17) is 5.11 Å². The molecule has 0 aliphatic rings. The summed E-state index contributed by atoms with van der Waals surface area (Å²) in [4.78, 5) is 11.3. The summed E-state index contributed by atoms with van der Waals surface area (Å²) in [6.45, 7) is 1.88. The zero-order valence-electron chi connectivity index (χ0n) is 10.1. The normalized spacial score (nSPS) is 11.2. The molecule has 0 aliphatic heterocycles. The Morgan fingerprint density at radius 1 is 1.41 bits per heavy atom. The second-order valence-electron chi connectivity index (χ2n) is 3.64. The Morgan fingerprint density at radius 3 is 2.59 bits per heavy atom. The molecule has 0 saturated heterocycles. The Kier molecular flexibility index (Phi) is 5.25. The number of ether oxygens (including phenoxy) is 1. The number of carbonyl (C=O) groups excluding carboxylic acids is 1. The first-order valence-electron chi connectivity index (χ1n) is 5.46. The van der Waals surface area contributed by atoms with Crippen LogP contribution in [0.4, 0.5) is 0 Å². The SMILES string of the molecule is COC(=O)[C@H](C)c1ccc(C#CCCO)cc1. The van der Waals surface area contributed by atoms with Crippen molar-refractivity contribution in [3.63, 3.8) is 0 Å². The van der Waals surface area contributed by atoms with Gasteiger partial charge in [0.25, 0.3) is 0 Å². The Morgan fingerprint density at radius 2 is 2.06 bits per heavy atom. The average molecular weight is 232 g/mol. The van der Waals surface area contributed by atoms with E-state index in [9.17, 15) is 4.79 Å². The Hall–Kier alpha value is -1.79. The molecule has 0 aliphatic carbocycles. The van der Waals surface area contributed by atoms with Gasteiger partial charge in [-0.15, -0.1) is 0 Å². The van der Waals surface area contributed by atoms with Gasteiger partial charge in [0.1, 0.15) is 0 Å². The lowest BCUT2D eigenvalue weighted by Crippen LogP contribution is -2.10. The fourth-order valence-corrected chi connectivity index (χ4v) is 1.39. The third kappa shape index (κ3) is 3.93. The predicted octanol–water partition coefficient (Wildman–Crippen LogP) is 1.70. The predicted molar refractivity (Wildman–Crippen MR) is 65.5 cm³/mol. The van der Waals surface area contributed by atoms with Crippen LogP contribution in [0.25, 0.3) is 0 Å². The van der Waals surface area contributed by atoms with Crippen LogP contribution >= 0.6 is 0 Å². The third-order valence-corrected chi connectivity index (χ3v) is 2.43. The minimum Gasteiger partial charge on any atom is -0.469 e. The molecule has 90 valence electrons. The van der Waals surface area contributed by atoms with E-state index in [1.807, 2.05) is 24.3 Å². The fraction of sp³-hybridized carbons (Fsp3) is 0.357. The van der Waals surface area contributed by atoms with Crippen LogP contribution in [0.2, 0.25) is 0 Å². The van der Waals surface area contributed by atoms with Crippen LogP contribution in [0.5, 0.6) is 0 Å². The Bertz CT molecular complexity index is 423. The maximum atomic E-state index is 11.3. The summed E-state index contributed by atoms with van der Waals surface area (Å²) in [5, 5.41) is 8.60. The van der Waals surface area contributed by atoms with Gasteiger partial charge in [-0.25, -0.2) is 0 Å². The van der Waals surface area contributed by atoms with Gasteiger partial charge < -0.3 is 9.84 Å². The van der Waals surface area contributed by atoms with E-state index in [2.05, 4.69) is 16.6 Å². The summed E-state index contributed by atoms with van der Waals surface area (Å²) < 4.78 is 4.68. The lowest BCUT2D eigenvalue weighted by molar-refractivity contribution is -0.141. The minimum absolute atomic E-state index is 0.0739. The zero-order valence-corrected chi connectivity index (χ0v) is 10.1. The van der Waals surface area contributed by atoms with Crippen molar-refractivity contribution in [1.29, 1.82) is 0 Å². The maximum Gasteiger partial charge on any atom is 0.312 e. The number of rotatable bonds is 3. The van der Waals surface area contributed by atoms with E-state index >= 15 is 0 Å². The van der Waals surface area contributed by atoms with Gasteiger partial charge in [0, 0.05) is 12.0 Å². The zero-order chi connectivity index (χ0) is 12.7. The molecule has 0 bridgehead atoms. The van der Waals surface area contributed by atoms with E-state index in [1.54, 1.807) is 6.92 Å². The molecule has 0 fully saturated rings. The molecule has 1 aromatic rings. The first kappa shape index (κ1) is 13.3. The van der Waals surface area contributed by atoms with E-state index < -0.39 is 0 Å². The molecule has 0 unspecified atom stereocenters. The summed E-state index contributed by atoms with van der Waals surface area (Å²) in [5.41, 5.74) is 1.78. The average Bonchev–Trinajstić information content (AvgIpc) is 2.38. The molecule has 3 nitrogen and oxygen atoms in total. The monoisotopic (exact) mass is 232 g/mol. The van der Waals surface area contributed by atoms with Crippen LogP contribution in [0.3, 0.4) is 0 Å². The maximum absolute atomic E-state index is 11.3. The van der Waals surface area contributed by atoms with E-state index in [-0.39, 0.29) is 18.5 Å². The van der Waals surface area contributed by atoms with Crippen molar-refractivity contribution in [1.82, 2.24) is 0 Å². The third-order valence-electron chi connectivity index (χ3n) is 2.43. The van der Waals surface area contributed by atoms with E-state index in [1.165, 1.54) is 7.11 Å². The molecule has 1 atom stereocenters. The molecule has 0 aromatic heterocycles. The van der Waals surface area contributed by atoms with Gasteiger partial charge in [-0.2, -0.15) is 0 Å². The highest BCUT2D eigenvalue weighted by molar-refractivity contribution is 5.77. The highest BCUT2D eigenvalue weighted by atomic mass is 16.5. The molecule has 0 heterocycles. The molecule has 0 radical (unpaired) electrons. The van der Waals surface area contributed by atoms with Crippen molar-refractivity contribution in [2.45, 2.75) is 19.3 Å². The lowest BCUT2D eigenvalue weighted by atomic mass is 10.00. The molecular formula is C14H16O3. The number of esters is 1. The lowest BCUT2D eigenvalue weighted by Gasteiger charge is -2.08. The van der Waals surface area contributed by atoms with Crippen LogP contribution in [-0.2, 0) is 9.53 Å². The molecular weight excluding hydrogens is 216 g/mol. The largest absolute Gasteiger partial charge is 0.469 e. The van der Waals surface area contributed by atoms with Crippen molar-refractivity contribution in [3.05, 3.63) is 35.4 Å². The topological polar surface area (TPSA) is 46.5 Å². The number of hydrogen-bond donors (Lipinski definition) is 1. The number of carbonyl (C=O) groups is 1. The van der Waals surface area contributed by atoms with Crippen molar-refractivity contribution < 1.29 is 14.6 Å². The number of hydrogen-bond acceptors (Lipinski definition) is 3. The van der Waals surface area contributed by atoms with Gasteiger partial charge in [-0.05, 0) is 24.6 Å². The summed E-state index contributed by atoms with van der Waals surface area (Å²) in [6.07, 6.45) is 0.473. The smallest absolute Gasteiger partial charge is 0.312 e. The molecule has 17 heavy (non-hydrogen) atoms. The highest BCUT2D eigenvalue weighted by Crippen LogP contribution is 2.16. The standard InChI is InChI=1S/C14H16O3/c1-11(14(16)17-2)13-8-6-12(7-9-13)5-3-4-10-15/h6-9,11,15H,4,10H2,1-2H3/t11-/m1/s1. The van der Waals surface area contributed by atoms with E-state index in [0.29, 0.717) is 6.42 Å². The molecule has 0 saturated carbocycles. The van der Waals surface area contributed by atoms with Crippen LogP contribution in [0.15, 0.2) is 24.3 Å². The van der Waals surface area contributed by atoms with E-state index in [0.717, 1.165) is 11.1 Å². The Labute approximate surface area is 101 Å². The van der Waals surface area contributed by atoms with Crippen LogP contribution in [0, 0.1) is 11.8 Å². The highest BCUT2D eigenvalue weighted by Gasteiger charge is 2.14. The molecule has 0 spiro atoms. The number of benzene rings is 1. The van der Waals surface area contributed by atoms with Crippen molar-refractivity contribution in [3.8, 4) is 11.8 Å². The molecule has 1 aromatic carbocycles. The summed E-state index contributed by atoms with van der Waals surface area (Å²) in [5.74, 6) is 5.26. The van der Waals surface area contributed by atoms with Crippen molar-refractivity contribution in [2.24, 2.45) is 0 Å². The quantitative estimate of drug-likeness (QED) is 0.637. The van der Waals surface area contributed by atoms with Gasteiger partial charge in [0.2, 0.25) is 0 Å². The van der Waals surface area contributed by atoms with Crippen LogP contribution in [-0.4, -0.2) is 24.8 Å². The molecule has 0 amide bonds. The summed E-state index contributed by atoms with van der Waals surface area (Å²) in [7, 11) is 1.38. The first-order valence-corrected chi connectivity index (χ1v) is 5.46. The first-order chi connectivity index (χ1) is 8.19. The number of aliphatic hydroxyl groups is 1. The fourth-order valence-electron chi connectivity index (χ4n) is 1.39. The van der Waals surface area contributed by atoms with Crippen LogP contribution < -0.4 is 0 Å². The van der Waals surface area contributed by atoms with Crippen LogP contribution in [0.1, 0.15) is 30.4 Å².